The first-order valence-corrected chi connectivity index (χ1v) is 6.19. The number of H-pyrrole nitrogens is 1. The smallest absolute Gasteiger partial charge is 0.259 e. The molecule has 3 rings (SSSR count). The summed E-state index contributed by atoms with van der Waals surface area (Å²) in [5, 5.41) is 12.1. The molecule has 0 spiro atoms. The fraction of sp³-hybridized carbons (Fsp3) is 0.0714. The average Bonchev–Trinajstić information content (AvgIpc) is 2.44. The van der Waals surface area contributed by atoms with Crippen LogP contribution in [0.5, 0.6) is 5.88 Å². The molecule has 21 heavy (non-hydrogen) atoms. The quantitative estimate of drug-likeness (QED) is 0.717. The maximum atomic E-state index is 12.5. The average molecular weight is 285 g/mol. The van der Waals surface area contributed by atoms with E-state index < -0.39 is 17.3 Å². The van der Waals surface area contributed by atoms with Gasteiger partial charge in [0.1, 0.15) is 6.54 Å². The van der Waals surface area contributed by atoms with Gasteiger partial charge >= 0.3 is 0 Å². The molecule has 106 valence electrons. The Kier molecular flexibility index (Phi) is 2.94. The fourth-order valence-corrected chi connectivity index (χ4v) is 2.22. The van der Waals surface area contributed by atoms with E-state index in [1.54, 1.807) is 24.3 Å². The molecule has 7 heteroatoms. The topological polar surface area (TPSA) is 102 Å². The second kappa shape index (κ2) is 4.78. The van der Waals surface area contributed by atoms with E-state index in [1.807, 2.05) is 0 Å². The van der Waals surface area contributed by atoms with E-state index in [4.69, 9.17) is 0 Å². The van der Waals surface area contributed by atoms with Crippen molar-refractivity contribution in [3.63, 3.8) is 0 Å². The Hall–Kier alpha value is -3.09. The lowest BCUT2D eigenvalue weighted by atomic mass is 10.1. The summed E-state index contributed by atoms with van der Waals surface area (Å²) >= 11 is 0. The maximum absolute atomic E-state index is 12.5. The van der Waals surface area contributed by atoms with Crippen LogP contribution in [0.3, 0.4) is 0 Å². The van der Waals surface area contributed by atoms with Crippen LogP contribution in [-0.2, 0) is 4.79 Å². The molecule has 1 aliphatic rings. The van der Waals surface area contributed by atoms with Gasteiger partial charge in [-0.2, -0.15) is 0 Å². The molecule has 0 saturated carbocycles. The van der Waals surface area contributed by atoms with Gasteiger partial charge < -0.3 is 10.4 Å². The number of amides is 2. The van der Waals surface area contributed by atoms with Crippen molar-refractivity contribution >= 4 is 23.2 Å². The fourth-order valence-electron chi connectivity index (χ4n) is 2.22. The van der Waals surface area contributed by atoms with Gasteiger partial charge in [-0.05, 0) is 12.1 Å². The van der Waals surface area contributed by atoms with E-state index in [2.05, 4.69) is 10.3 Å². The largest absolute Gasteiger partial charge is 0.494 e. The van der Waals surface area contributed by atoms with Crippen molar-refractivity contribution in [2.45, 2.75) is 0 Å². The molecule has 0 bridgehead atoms. The van der Waals surface area contributed by atoms with Gasteiger partial charge in [-0.1, -0.05) is 12.1 Å². The van der Waals surface area contributed by atoms with E-state index in [0.29, 0.717) is 11.4 Å². The number of fused-ring (bicyclic) bond motifs is 1. The Bertz CT molecular complexity index is 797. The summed E-state index contributed by atoms with van der Waals surface area (Å²) in [5.41, 5.74) is 0.492. The van der Waals surface area contributed by atoms with Crippen LogP contribution in [0.25, 0.3) is 0 Å². The third-order valence-electron chi connectivity index (χ3n) is 3.09. The Balaban J connectivity index is 2.06. The van der Waals surface area contributed by atoms with Crippen molar-refractivity contribution in [1.29, 1.82) is 0 Å². The van der Waals surface area contributed by atoms with Gasteiger partial charge in [0.25, 0.3) is 11.5 Å². The predicted octanol–water partition coefficient (Wildman–Crippen LogP) is 0.679. The number of aromatic nitrogens is 1. The Labute approximate surface area is 118 Å². The monoisotopic (exact) mass is 285 g/mol. The van der Waals surface area contributed by atoms with E-state index in [-0.39, 0.29) is 18.0 Å². The zero-order valence-electron chi connectivity index (χ0n) is 10.8. The molecule has 3 N–H and O–H groups in total. The first kappa shape index (κ1) is 12.9. The van der Waals surface area contributed by atoms with E-state index >= 15 is 0 Å². The molecule has 1 aliphatic heterocycles. The number of hydrogen-bond acceptors (Lipinski definition) is 4. The number of carbonyl (C=O) groups excluding carboxylic acids is 2. The van der Waals surface area contributed by atoms with Gasteiger partial charge in [-0.3, -0.25) is 24.3 Å². The predicted molar refractivity (Wildman–Crippen MR) is 75.5 cm³/mol. The molecular formula is C14H11N3O4. The Morgan fingerprint density at radius 3 is 2.71 bits per heavy atom. The molecule has 7 nitrogen and oxygen atoms in total. The molecule has 0 aliphatic carbocycles. The molecule has 2 amide bonds. The zero-order chi connectivity index (χ0) is 15.0. The summed E-state index contributed by atoms with van der Waals surface area (Å²) in [5.74, 6) is -1.25. The number of carbonyl (C=O) groups is 2. The van der Waals surface area contributed by atoms with E-state index in [9.17, 15) is 19.5 Å². The van der Waals surface area contributed by atoms with Gasteiger partial charge in [-0.25, -0.2) is 0 Å². The van der Waals surface area contributed by atoms with Crippen LogP contribution < -0.4 is 15.8 Å². The number of nitrogens with zero attached hydrogens (tertiary/aromatic N) is 1. The number of pyridine rings is 1. The van der Waals surface area contributed by atoms with Crippen LogP contribution in [0.2, 0.25) is 0 Å². The molecular weight excluding hydrogens is 274 g/mol. The van der Waals surface area contributed by atoms with Gasteiger partial charge in [-0.15, -0.1) is 0 Å². The summed E-state index contributed by atoms with van der Waals surface area (Å²) in [4.78, 5) is 38.9. The van der Waals surface area contributed by atoms with Crippen LogP contribution in [-0.4, -0.2) is 28.4 Å². The Morgan fingerprint density at radius 1 is 1.19 bits per heavy atom. The second-order valence-corrected chi connectivity index (χ2v) is 4.58. The lowest BCUT2D eigenvalue weighted by Crippen LogP contribution is -2.42. The van der Waals surface area contributed by atoms with Crippen molar-refractivity contribution in [2.75, 3.05) is 16.8 Å². The van der Waals surface area contributed by atoms with Crippen molar-refractivity contribution in [3.05, 3.63) is 52.3 Å². The highest BCUT2D eigenvalue weighted by Gasteiger charge is 2.27. The molecule has 1 aromatic carbocycles. The lowest BCUT2D eigenvalue weighted by molar-refractivity contribution is -0.115. The van der Waals surface area contributed by atoms with Crippen LogP contribution in [0, 0.1) is 0 Å². The third-order valence-corrected chi connectivity index (χ3v) is 3.09. The summed E-state index contributed by atoms with van der Waals surface area (Å²) in [7, 11) is 0. The normalized spacial score (nSPS) is 13.5. The molecule has 0 radical (unpaired) electrons. The second-order valence-electron chi connectivity index (χ2n) is 4.58. The molecule has 0 atom stereocenters. The minimum Gasteiger partial charge on any atom is -0.494 e. The first-order chi connectivity index (χ1) is 10.0. The summed E-state index contributed by atoms with van der Waals surface area (Å²) in [6.07, 6.45) is 0. The number of aromatic hydroxyl groups is 1. The first-order valence-electron chi connectivity index (χ1n) is 6.19. The number of benzene rings is 1. The van der Waals surface area contributed by atoms with E-state index in [1.165, 1.54) is 4.90 Å². The standard InChI is InChI=1S/C14H11N3O4/c18-11-5-8(6-12(19)16-11)14(21)17-7-13(20)15-9-3-1-2-4-10(9)17/h1-6H,7H2,(H,15,20)(H2,16,18,19). The molecule has 2 heterocycles. The minimum absolute atomic E-state index is 0.0146. The number of rotatable bonds is 1. The summed E-state index contributed by atoms with van der Waals surface area (Å²) < 4.78 is 0. The summed E-state index contributed by atoms with van der Waals surface area (Å²) in [6, 6.07) is 9.09. The van der Waals surface area contributed by atoms with Crippen molar-refractivity contribution < 1.29 is 14.7 Å². The highest BCUT2D eigenvalue weighted by Crippen LogP contribution is 2.30. The molecule has 2 aromatic rings. The number of hydrogen-bond donors (Lipinski definition) is 3. The third kappa shape index (κ3) is 2.36. The highest BCUT2D eigenvalue weighted by atomic mass is 16.3. The van der Waals surface area contributed by atoms with Gasteiger partial charge in [0, 0.05) is 12.1 Å². The van der Waals surface area contributed by atoms with Gasteiger partial charge in [0.15, 0.2) is 5.88 Å². The number of para-hydroxylation sites is 2. The summed E-state index contributed by atoms with van der Waals surface area (Å²) in [6.45, 7) is -0.149. The molecule has 0 fully saturated rings. The van der Waals surface area contributed by atoms with Crippen LogP contribution in [0.1, 0.15) is 10.4 Å². The van der Waals surface area contributed by atoms with Crippen LogP contribution >= 0.6 is 0 Å². The number of anilines is 2. The van der Waals surface area contributed by atoms with Crippen molar-refractivity contribution in [2.24, 2.45) is 0 Å². The maximum Gasteiger partial charge on any atom is 0.259 e. The molecule has 1 aromatic heterocycles. The van der Waals surface area contributed by atoms with Gasteiger partial charge in [0.05, 0.1) is 16.9 Å². The highest BCUT2D eigenvalue weighted by molar-refractivity contribution is 6.15. The lowest BCUT2D eigenvalue weighted by Gasteiger charge is -2.29. The van der Waals surface area contributed by atoms with Crippen molar-refractivity contribution in [1.82, 2.24) is 4.98 Å². The van der Waals surface area contributed by atoms with Crippen LogP contribution in [0.4, 0.5) is 11.4 Å². The van der Waals surface area contributed by atoms with Crippen molar-refractivity contribution in [3.8, 4) is 5.88 Å². The number of nitrogens with one attached hydrogen (secondary N) is 2. The van der Waals surface area contributed by atoms with E-state index in [0.717, 1.165) is 12.1 Å². The minimum atomic E-state index is -0.590. The molecule has 0 saturated heterocycles. The van der Waals surface area contributed by atoms with Crippen LogP contribution in [0.15, 0.2) is 41.2 Å². The Morgan fingerprint density at radius 2 is 1.95 bits per heavy atom. The zero-order valence-corrected chi connectivity index (χ0v) is 10.8. The van der Waals surface area contributed by atoms with Gasteiger partial charge in [0.2, 0.25) is 5.91 Å². The number of aromatic amines is 1. The SMILES string of the molecule is O=C1CN(C(=O)c2cc(O)[nH]c(=O)c2)c2ccccc2N1. The molecule has 0 unspecified atom stereocenters.